The highest BCUT2D eigenvalue weighted by Crippen LogP contribution is 2.43. The summed E-state index contributed by atoms with van der Waals surface area (Å²) < 4.78 is 25.2. The van der Waals surface area contributed by atoms with Crippen molar-refractivity contribution in [2.75, 3.05) is 24.6 Å². The van der Waals surface area contributed by atoms with Gasteiger partial charge in [0.1, 0.15) is 11.6 Å². The van der Waals surface area contributed by atoms with E-state index in [9.17, 15) is 14.3 Å². The van der Waals surface area contributed by atoms with Crippen molar-refractivity contribution in [2.45, 2.75) is 72.5 Å². The number of ether oxygens (including phenoxy) is 2. The fourth-order valence-corrected chi connectivity index (χ4v) is 5.08. The van der Waals surface area contributed by atoms with E-state index in [0.29, 0.717) is 18.6 Å². The predicted molar refractivity (Wildman–Crippen MR) is 156 cm³/mol. The standard InChI is InChI=1S/C33H41FN2O4/c1-22-28(24-9-13-26(14-10-24)39-20-15-23-7-11-25(34)12-8-23)29(36-18-16-33(5,6)17-19-36)27(21-35-22)30(31(37)38)40-32(2,3)4/h7-14,21,30H,15-20H2,1-6H3,(H,37,38)/t30-/m0/s1. The van der Waals surface area contributed by atoms with Crippen LogP contribution in [0, 0.1) is 18.2 Å². The Labute approximate surface area is 237 Å². The van der Waals surface area contributed by atoms with E-state index in [1.54, 1.807) is 18.3 Å². The summed E-state index contributed by atoms with van der Waals surface area (Å²) in [6, 6.07) is 14.3. The third-order valence-electron chi connectivity index (χ3n) is 7.40. The molecular formula is C33H41FN2O4. The molecular weight excluding hydrogens is 507 g/mol. The number of hydrogen-bond donors (Lipinski definition) is 1. The molecule has 3 aromatic rings. The highest BCUT2D eigenvalue weighted by atomic mass is 19.1. The van der Waals surface area contributed by atoms with Crippen LogP contribution >= 0.6 is 0 Å². The van der Waals surface area contributed by atoms with Crippen molar-refractivity contribution in [2.24, 2.45) is 5.41 Å². The summed E-state index contributed by atoms with van der Waals surface area (Å²) in [4.78, 5) is 19.5. The fraction of sp³-hybridized carbons (Fsp3) is 0.455. The Hall–Kier alpha value is -3.45. The molecule has 2 aromatic carbocycles. The number of aliphatic carboxylic acids is 1. The van der Waals surface area contributed by atoms with Crippen LogP contribution in [0.25, 0.3) is 11.1 Å². The lowest BCUT2D eigenvalue weighted by molar-refractivity contribution is -0.160. The number of carboxylic acids is 1. The number of aromatic nitrogens is 1. The maximum Gasteiger partial charge on any atom is 0.337 e. The molecule has 1 fully saturated rings. The largest absolute Gasteiger partial charge is 0.493 e. The van der Waals surface area contributed by atoms with Gasteiger partial charge >= 0.3 is 5.97 Å². The molecule has 0 spiro atoms. The first kappa shape index (κ1) is 29.5. The molecule has 0 radical (unpaired) electrons. The molecule has 1 aliphatic heterocycles. The minimum Gasteiger partial charge on any atom is -0.493 e. The summed E-state index contributed by atoms with van der Waals surface area (Å²) in [7, 11) is 0. The van der Waals surface area contributed by atoms with Crippen molar-refractivity contribution in [1.29, 1.82) is 0 Å². The Morgan fingerprint density at radius 1 is 1.07 bits per heavy atom. The van der Waals surface area contributed by atoms with Gasteiger partial charge in [-0.3, -0.25) is 4.98 Å². The van der Waals surface area contributed by atoms with E-state index >= 15 is 0 Å². The van der Waals surface area contributed by atoms with E-state index in [2.05, 4.69) is 23.7 Å². The average Bonchev–Trinajstić information content (AvgIpc) is 2.88. The van der Waals surface area contributed by atoms with Gasteiger partial charge in [-0.1, -0.05) is 38.1 Å². The zero-order valence-electron chi connectivity index (χ0n) is 24.5. The van der Waals surface area contributed by atoms with Crippen molar-refractivity contribution in [3.05, 3.63) is 77.4 Å². The molecule has 6 nitrogen and oxygen atoms in total. The van der Waals surface area contributed by atoms with Gasteiger partial charge in [0.05, 0.1) is 17.9 Å². The molecule has 2 heterocycles. The Kier molecular flexibility index (Phi) is 8.83. The van der Waals surface area contributed by atoms with Crippen molar-refractivity contribution < 1.29 is 23.8 Å². The maximum absolute atomic E-state index is 13.2. The Morgan fingerprint density at radius 3 is 2.27 bits per heavy atom. The summed E-state index contributed by atoms with van der Waals surface area (Å²) in [5, 5.41) is 10.2. The first-order valence-electron chi connectivity index (χ1n) is 14.0. The number of aryl methyl sites for hydroxylation is 1. The molecule has 1 atom stereocenters. The SMILES string of the molecule is Cc1ncc([C@H](OC(C)(C)C)C(=O)O)c(N2CCC(C)(C)CC2)c1-c1ccc(OCCc2ccc(F)cc2)cc1. The Balaban J connectivity index is 1.67. The molecule has 1 aromatic heterocycles. The van der Waals surface area contributed by atoms with Crippen molar-refractivity contribution in [3.63, 3.8) is 0 Å². The summed E-state index contributed by atoms with van der Waals surface area (Å²) in [6.07, 6.45) is 3.21. The first-order valence-corrected chi connectivity index (χ1v) is 14.0. The molecule has 7 heteroatoms. The van der Waals surface area contributed by atoms with Gasteiger partial charge in [-0.05, 0) is 81.3 Å². The number of carbonyl (C=O) groups is 1. The van der Waals surface area contributed by atoms with Crippen LogP contribution in [0.2, 0.25) is 0 Å². The molecule has 0 unspecified atom stereocenters. The third-order valence-corrected chi connectivity index (χ3v) is 7.40. The second-order valence-electron chi connectivity index (χ2n) is 12.4. The molecule has 4 rings (SSSR count). The minimum absolute atomic E-state index is 0.236. The predicted octanol–water partition coefficient (Wildman–Crippen LogP) is 7.38. The number of rotatable bonds is 9. The maximum atomic E-state index is 13.2. The lowest BCUT2D eigenvalue weighted by atomic mass is 9.82. The molecule has 0 saturated carbocycles. The van der Waals surface area contributed by atoms with Gasteiger partial charge in [-0.2, -0.15) is 0 Å². The third kappa shape index (κ3) is 7.39. The zero-order chi connectivity index (χ0) is 29.1. The van der Waals surface area contributed by atoms with Crippen LogP contribution < -0.4 is 9.64 Å². The summed E-state index contributed by atoms with van der Waals surface area (Å²) in [6.45, 7) is 14.2. The number of benzene rings is 2. The quantitative estimate of drug-likeness (QED) is 0.301. The Morgan fingerprint density at radius 2 is 1.70 bits per heavy atom. The van der Waals surface area contributed by atoms with Crippen LogP contribution in [-0.2, 0) is 16.0 Å². The summed E-state index contributed by atoms with van der Waals surface area (Å²) in [5.74, 6) is -0.551. The number of nitrogens with zero attached hydrogens (tertiary/aromatic N) is 2. The number of anilines is 1. The van der Waals surface area contributed by atoms with E-state index in [4.69, 9.17) is 9.47 Å². The van der Waals surface area contributed by atoms with E-state index in [1.165, 1.54) is 12.1 Å². The number of halogens is 1. The van der Waals surface area contributed by atoms with Crippen LogP contribution in [0.4, 0.5) is 10.1 Å². The molecule has 0 aliphatic carbocycles. The smallest absolute Gasteiger partial charge is 0.337 e. The minimum atomic E-state index is -1.15. The normalized spacial score (nSPS) is 16.0. The summed E-state index contributed by atoms with van der Waals surface area (Å²) in [5.41, 5.74) is 4.73. The zero-order valence-corrected chi connectivity index (χ0v) is 24.5. The fourth-order valence-electron chi connectivity index (χ4n) is 5.08. The highest BCUT2D eigenvalue weighted by Gasteiger charge is 2.35. The number of pyridine rings is 1. The van der Waals surface area contributed by atoms with Crippen LogP contribution in [0.3, 0.4) is 0 Å². The number of carboxylic acid groups (broad SMARTS) is 1. The van der Waals surface area contributed by atoms with Crippen LogP contribution in [0.5, 0.6) is 5.75 Å². The Bertz CT molecular complexity index is 1300. The van der Waals surface area contributed by atoms with E-state index in [-0.39, 0.29) is 11.2 Å². The van der Waals surface area contributed by atoms with Crippen LogP contribution in [0.1, 0.15) is 70.4 Å². The molecule has 1 aliphatic rings. The topological polar surface area (TPSA) is 71.9 Å². The molecule has 1 N–H and O–H groups in total. The number of hydrogen-bond acceptors (Lipinski definition) is 5. The first-order chi connectivity index (χ1) is 18.8. The van der Waals surface area contributed by atoms with Gasteiger partial charge in [-0.15, -0.1) is 0 Å². The van der Waals surface area contributed by atoms with Crippen molar-refractivity contribution >= 4 is 11.7 Å². The van der Waals surface area contributed by atoms with Gasteiger partial charge in [-0.25, -0.2) is 9.18 Å². The lowest BCUT2D eigenvalue weighted by Crippen LogP contribution is -2.39. The molecule has 214 valence electrons. The van der Waals surface area contributed by atoms with Gasteiger partial charge in [0, 0.05) is 42.5 Å². The van der Waals surface area contributed by atoms with Gasteiger partial charge in [0.15, 0.2) is 6.10 Å². The molecule has 0 amide bonds. The second kappa shape index (κ2) is 12.0. The van der Waals surface area contributed by atoms with Crippen molar-refractivity contribution in [3.8, 4) is 16.9 Å². The lowest BCUT2D eigenvalue weighted by Gasteiger charge is -2.40. The van der Waals surface area contributed by atoms with E-state index in [0.717, 1.165) is 59.8 Å². The van der Waals surface area contributed by atoms with Gasteiger partial charge in [0.2, 0.25) is 0 Å². The van der Waals surface area contributed by atoms with Crippen molar-refractivity contribution in [1.82, 2.24) is 4.98 Å². The van der Waals surface area contributed by atoms with Gasteiger partial charge < -0.3 is 19.5 Å². The molecule has 1 saturated heterocycles. The number of piperidine rings is 1. The van der Waals surface area contributed by atoms with Crippen LogP contribution in [0.15, 0.2) is 54.7 Å². The highest BCUT2D eigenvalue weighted by molar-refractivity contribution is 5.87. The van der Waals surface area contributed by atoms with E-state index < -0.39 is 17.7 Å². The monoisotopic (exact) mass is 548 g/mol. The summed E-state index contributed by atoms with van der Waals surface area (Å²) >= 11 is 0. The molecule has 0 bridgehead atoms. The molecule has 40 heavy (non-hydrogen) atoms. The van der Waals surface area contributed by atoms with E-state index in [1.807, 2.05) is 52.0 Å². The van der Waals surface area contributed by atoms with Gasteiger partial charge in [0.25, 0.3) is 0 Å². The van der Waals surface area contributed by atoms with Crippen LogP contribution in [-0.4, -0.2) is 41.4 Å². The average molecular weight is 549 g/mol. The second-order valence-corrected chi connectivity index (χ2v) is 12.4.